The SMILES string of the molecule is O.O=S1C=CC=N1. The molecule has 1 unspecified atom stereocenters. The Morgan fingerprint density at radius 3 is 2.43 bits per heavy atom. The Morgan fingerprint density at radius 2 is 2.29 bits per heavy atom. The van der Waals surface area contributed by atoms with Gasteiger partial charge >= 0.3 is 0 Å². The van der Waals surface area contributed by atoms with Crippen LogP contribution >= 0.6 is 0 Å². The highest BCUT2D eigenvalue weighted by Crippen LogP contribution is 1.90. The molecule has 0 saturated carbocycles. The number of hydrogen-bond acceptors (Lipinski definition) is 1. The maximum atomic E-state index is 10.1. The topological polar surface area (TPSA) is 60.9 Å². The summed E-state index contributed by atoms with van der Waals surface area (Å²) in [5.41, 5.74) is 0. The van der Waals surface area contributed by atoms with Crippen LogP contribution in [-0.4, -0.2) is 15.9 Å². The molecule has 7 heavy (non-hydrogen) atoms. The molecule has 0 fully saturated rings. The molecule has 0 saturated heterocycles. The Labute approximate surface area is 43.7 Å². The van der Waals surface area contributed by atoms with E-state index >= 15 is 0 Å². The Bertz CT molecular complexity index is 115. The van der Waals surface area contributed by atoms with Crippen LogP contribution in [0.25, 0.3) is 0 Å². The monoisotopic (exact) mass is 119 g/mol. The lowest BCUT2D eigenvalue weighted by molar-refractivity contribution is 0.690. The highest BCUT2D eigenvalue weighted by Gasteiger charge is 1.87. The van der Waals surface area contributed by atoms with Gasteiger partial charge in [0.15, 0.2) is 11.0 Å². The summed E-state index contributed by atoms with van der Waals surface area (Å²) in [4.78, 5) is 0. The van der Waals surface area contributed by atoms with Gasteiger partial charge in [-0.15, -0.1) is 0 Å². The van der Waals surface area contributed by atoms with Gasteiger partial charge in [0, 0.05) is 11.6 Å². The van der Waals surface area contributed by atoms with Crippen molar-refractivity contribution in [3.8, 4) is 0 Å². The van der Waals surface area contributed by atoms with Gasteiger partial charge in [-0.25, -0.2) is 4.21 Å². The maximum absolute atomic E-state index is 10.1. The minimum atomic E-state index is -1.03. The van der Waals surface area contributed by atoms with Crippen molar-refractivity contribution in [2.45, 2.75) is 0 Å². The first-order valence-corrected chi connectivity index (χ1v) is 2.68. The fourth-order valence-electron chi connectivity index (χ4n) is 0.233. The normalized spacial score (nSPS) is 24.9. The summed E-state index contributed by atoms with van der Waals surface area (Å²) in [5.74, 6) is 0. The number of allylic oxidation sites excluding steroid dienone is 1. The molecule has 3 nitrogen and oxygen atoms in total. The summed E-state index contributed by atoms with van der Waals surface area (Å²) in [5, 5.41) is 1.53. The summed E-state index contributed by atoms with van der Waals surface area (Å²) in [6, 6.07) is 0. The lowest BCUT2D eigenvalue weighted by Crippen LogP contribution is -1.64. The van der Waals surface area contributed by atoms with E-state index in [9.17, 15) is 4.21 Å². The van der Waals surface area contributed by atoms with Crippen LogP contribution in [0.5, 0.6) is 0 Å². The molecule has 1 rings (SSSR count). The van der Waals surface area contributed by atoms with Crippen LogP contribution in [0.15, 0.2) is 15.9 Å². The standard InChI is InChI=1S/C3H3NOS.H2O/c5-6-3-1-2-4-6;/h1-3H;1H2. The van der Waals surface area contributed by atoms with Gasteiger partial charge in [-0.1, -0.05) is 0 Å². The second-order valence-corrected chi connectivity index (χ2v) is 1.89. The molecule has 0 bridgehead atoms. The predicted octanol–water partition coefficient (Wildman–Crippen LogP) is -0.577. The Kier molecular flexibility index (Phi) is 2.47. The molecule has 0 aromatic rings. The third-order valence-corrected chi connectivity index (χ3v) is 1.17. The second-order valence-electron chi connectivity index (χ2n) is 0.859. The highest BCUT2D eigenvalue weighted by atomic mass is 32.2. The Hall–Kier alpha value is -0.480. The van der Waals surface area contributed by atoms with Crippen molar-refractivity contribution in [3.05, 3.63) is 11.5 Å². The van der Waals surface area contributed by atoms with Crippen molar-refractivity contribution >= 4 is 17.2 Å². The fourth-order valence-corrected chi connectivity index (χ4v) is 0.698. The summed E-state index contributed by atoms with van der Waals surface area (Å²) in [7, 11) is -1.03. The molecule has 1 aliphatic rings. The van der Waals surface area contributed by atoms with Crippen molar-refractivity contribution in [2.24, 2.45) is 4.40 Å². The van der Waals surface area contributed by atoms with Crippen LogP contribution in [0.2, 0.25) is 0 Å². The van der Waals surface area contributed by atoms with Crippen LogP contribution in [0.4, 0.5) is 0 Å². The molecule has 0 amide bonds. The third-order valence-electron chi connectivity index (χ3n) is 0.446. The minimum Gasteiger partial charge on any atom is -0.412 e. The van der Waals surface area contributed by atoms with E-state index < -0.39 is 11.0 Å². The molecule has 0 radical (unpaired) electrons. The average molecular weight is 119 g/mol. The fraction of sp³-hybridized carbons (Fsp3) is 0. The van der Waals surface area contributed by atoms with Crippen LogP contribution in [0.3, 0.4) is 0 Å². The molecule has 1 atom stereocenters. The molecule has 0 aliphatic carbocycles. The smallest absolute Gasteiger partial charge is 0.165 e. The maximum Gasteiger partial charge on any atom is 0.165 e. The quantitative estimate of drug-likeness (QED) is 0.421. The van der Waals surface area contributed by atoms with Crippen molar-refractivity contribution in [3.63, 3.8) is 0 Å². The zero-order chi connectivity index (χ0) is 4.41. The van der Waals surface area contributed by atoms with E-state index in [1.165, 1.54) is 11.6 Å². The molecule has 40 valence electrons. The number of nitrogens with zero attached hydrogens (tertiary/aromatic N) is 1. The lowest BCUT2D eigenvalue weighted by Gasteiger charge is -1.65. The van der Waals surface area contributed by atoms with Gasteiger partial charge in [-0.3, -0.25) is 0 Å². The summed E-state index contributed by atoms with van der Waals surface area (Å²) in [6.45, 7) is 0. The Balaban J connectivity index is 0.000000360. The predicted molar refractivity (Wildman–Crippen MR) is 29.4 cm³/mol. The molecule has 2 N–H and O–H groups in total. The van der Waals surface area contributed by atoms with Crippen molar-refractivity contribution < 1.29 is 9.69 Å². The molecule has 1 heterocycles. The third kappa shape index (κ3) is 1.61. The van der Waals surface area contributed by atoms with Gasteiger partial charge in [0.1, 0.15) is 0 Å². The van der Waals surface area contributed by atoms with Crippen molar-refractivity contribution in [2.75, 3.05) is 0 Å². The van der Waals surface area contributed by atoms with Gasteiger partial charge in [0.2, 0.25) is 0 Å². The number of hydrogen-bond donors (Lipinski definition) is 0. The van der Waals surface area contributed by atoms with Gasteiger partial charge in [0.25, 0.3) is 0 Å². The van der Waals surface area contributed by atoms with E-state index in [1.54, 1.807) is 6.08 Å². The average Bonchev–Trinajstić information content (AvgIpc) is 1.86. The van der Waals surface area contributed by atoms with Gasteiger partial charge in [0.05, 0.1) is 0 Å². The highest BCUT2D eigenvalue weighted by molar-refractivity contribution is 7.87. The minimum absolute atomic E-state index is 0. The zero-order valence-corrected chi connectivity index (χ0v) is 4.31. The summed E-state index contributed by atoms with van der Waals surface area (Å²) < 4.78 is 13.5. The summed E-state index contributed by atoms with van der Waals surface area (Å²) in [6.07, 6.45) is 3.19. The van der Waals surface area contributed by atoms with Crippen LogP contribution in [-0.2, 0) is 11.0 Å². The summed E-state index contributed by atoms with van der Waals surface area (Å²) >= 11 is 0. The first kappa shape index (κ1) is 6.52. The first-order chi connectivity index (χ1) is 2.89. The molecule has 0 spiro atoms. The molecular weight excluding hydrogens is 114 g/mol. The van der Waals surface area contributed by atoms with Crippen molar-refractivity contribution in [1.82, 2.24) is 0 Å². The van der Waals surface area contributed by atoms with Gasteiger partial charge in [-0.2, -0.15) is 4.40 Å². The molecule has 0 aromatic heterocycles. The van der Waals surface area contributed by atoms with E-state index in [4.69, 9.17) is 0 Å². The van der Waals surface area contributed by atoms with E-state index in [-0.39, 0.29) is 5.48 Å². The van der Waals surface area contributed by atoms with E-state index in [0.29, 0.717) is 0 Å². The zero-order valence-electron chi connectivity index (χ0n) is 3.50. The van der Waals surface area contributed by atoms with Crippen LogP contribution < -0.4 is 0 Å². The first-order valence-electron chi connectivity index (χ1n) is 1.51. The second kappa shape index (κ2) is 2.65. The number of rotatable bonds is 0. The van der Waals surface area contributed by atoms with Crippen molar-refractivity contribution in [1.29, 1.82) is 0 Å². The molecule has 4 heteroatoms. The van der Waals surface area contributed by atoms with Crippen LogP contribution in [0, 0.1) is 0 Å². The van der Waals surface area contributed by atoms with E-state index in [1.807, 2.05) is 0 Å². The largest absolute Gasteiger partial charge is 0.412 e. The Morgan fingerprint density at radius 1 is 1.57 bits per heavy atom. The van der Waals surface area contributed by atoms with E-state index in [0.717, 1.165) is 0 Å². The molecule has 0 aromatic carbocycles. The lowest BCUT2D eigenvalue weighted by atomic mass is 10.7. The molecule has 1 aliphatic heterocycles. The molecular formula is C3H5NO2S. The van der Waals surface area contributed by atoms with Crippen LogP contribution in [0.1, 0.15) is 0 Å². The van der Waals surface area contributed by atoms with Gasteiger partial charge < -0.3 is 5.48 Å². The van der Waals surface area contributed by atoms with Gasteiger partial charge in [-0.05, 0) is 6.08 Å². The van der Waals surface area contributed by atoms with E-state index in [2.05, 4.69) is 4.40 Å².